The number of hydrogen-bond donors (Lipinski definition) is 1. The Morgan fingerprint density at radius 1 is 1.21 bits per heavy atom. The second kappa shape index (κ2) is 6.98. The molecule has 0 heterocycles. The van der Waals surface area contributed by atoms with Crippen molar-refractivity contribution in [3.8, 4) is 5.75 Å². The first-order valence-electron chi connectivity index (χ1n) is 7.71. The van der Waals surface area contributed by atoms with Gasteiger partial charge >= 0.3 is 12.6 Å². The Balaban J connectivity index is 1.51. The number of benzene rings is 1. The van der Waals surface area contributed by atoms with E-state index >= 15 is 0 Å². The summed E-state index contributed by atoms with van der Waals surface area (Å²) in [6.45, 7) is -3.45. The van der Waals surface area contributed by atoms with Crippen molar-refractivity contribution < 1.29 is 27.8 Å². The normalized spacial score (nSPS) is 24.2. The molecular weight excluding hydrogens is 320 g/mol. The fourth-order valence-electron chi connectivity index (χ4n) is 3.25. The molecule has 2 aliphatic carbocycles. The van der Waals surface area contributed by atoms with E-state index in [-0.39, 0.29) is 29.2 Å². The van der Waals surface area contributed by atoms with Crippen LogP contribution in [0.5, 0.6) is 5.75 Å². The van der Waals surface area contributed by atoms with E-state index in [0.29, 0.717) is 5.92 Å². The third-order valence-corrected chi connectivity index (χ3v) is 4.30. The van der Waals surface area contributed by atoms with Gasteiger partial charge in [0.2, 0.25) is 0 Å². The lowest BCUT2D eigenvalue weighted by molar-refractivity contribution is -0.152. The lowest BCUT2D eigenvalue weighted by Crippen LogP contribution is -2.26. The van der Waals surface area contributed by atoms with E-state index in [1.165, 1.54) is 18.2 Å². The van der Waals surface area contributed by atoms with Crippen LogP contribution in [0.1, 0.15) is 12.8 Å². The fourth-order valence-corrected chi connectivity index (χ4v) is 3.25. The predicted octanol–water partition coefficient (Wildman–Crippen LogP) is 2.98. The van der Waals surface area contributed by atoms with Crippen molar-refractivity contribution in [3.05, 3.63) is 36.4 Å². The summed E-state index contributed by atoms with van der Waals surface area (Å²) in [6.07, 6.45) is 5.86. The molecule has 2 bridgehead atoms. The van der Waals surface area contributed by atoms with Crippen LogP contribution in [0, 0.1) is 17.8 Å². The zero-order valence-corrected chi connectivity index (χ0v) is 12.8. The SMILES string of the molecule is O=C(COC(=O)[C@@H]1C[C@H]2C=C[C@@H]1C2)Nc1ccccc1OC(F)F. The number of carbonyl (C=O) groups is 2. The van der Waals surface area contributed by atoms with Gasteiger partial charge in [-0.2, -0.15) is 8.78 Å². The standard InChI is InChI=1S/C17H17F2NO4/c18-17(19)24-14-4-2-1-3-13(14)20-15(21)9-23-16(22)12-8-10-5-6-11(12)7-10/h1-6,10-12,17H,7-9H2,(H,20,21)/t10-,11+,12+/m0/s1. The van der Waals surface area contributed by atoms with Gasteiger partial charge in [-0.3, -0.25) is 9.59 Å². The van der Waals surface area contributed by atoms with Crippen molar-refractivity contribution >= 4 is 17.6 Å². The van der Waals surface area contributed by atoms with Crippen molar-refractivity contribution in [2.45, 2.75) is 19.5 Å². The molecule has 24 heavy (non-hydrogen) atoms. The molecule has 1 aromatic rings. The predicted molar refractivity (Wildman–Crippen MR) is 81.5 cm³/mol. The number of allylic oxidation sites excluding steroid dienone is 2. The molecule has 1 saturated carbocycles. The van der Waals surface area contributed by atoms with Gasteiger partial charge in [-0.1, -0.05) is 24.3 Å². The minimum atomic E-state index is -2.99. The molecule has 0 spiro atoms. The number of carbonyl (C=O) groups excluding carboxylic acids is 2. The molecule has 3 rings (SSSR count). The van der Waals surface area contributed by atoms with Gasteiger partial charge in [-0.25, -0.2) is 0 Å². The van der Waals surface area contributed by atoms with Crippen LogP contribution in [-0.2, 0) is 14.3 Å². The third kappa shape index (κ3) is 3.72. The van der Waals surface area contributed by atoms with E-state index in [0.717, 1.165) is 12.8 Å². The largest absolute Gasteiger partial charge is 0.455 e. The zero-order chi connectivity index (χ0) is 17.1. The van der Waals surface area contributed by atoms with Crippen LogP contribution in [0.4, 0.5) is 14.5 Å². The van der Waals surface area contributed by atoms with Gasteiger partial charge in [0.25, 0.3) is 5.91 Å². The maximum Gasteiger partial charge on any atom is 0.387 e. The quantitative estimate of drug-likeness (QED) is 0.640. The molecule has 2 aliphatic rings. The summed E-state index contributed by atoms with van der Waals surface area (Å²) in [7, 11) is 0. The smallest absolute Gasteiger partial charge is 0.387 e. The lowest BCUT2D eigenvalue weighted by atomic mass is 9.94. The molecule has 0 aromatic heterocycles. The monoisotopic (exact) mass is 337 g/mol. The molecule has 1 N–H and O–H groups in total. The average molecular weight is 337 g/mol. The van der Waals surface area contributed by atoms with Crippen LogP contribution < -0.4 is 10.1 Å². The number of para-hydroxylation sites is 2. The van der Waals surface area contributed by atoms with Crippen molar-refractivity contribution in [2.24, 2.45) is 17.8 Å². The van der Waals surface area contributed by atoms with E-state index in [1.54, 1.807) is 6.07 Å². The Morgan fingerprint density at radius 3 is 2.67 bits per heavy atom. The number of rotatable bonds is 6. The van der Waals surface area contributed by atoms with E-state index in [9.17, 15) is 18.4 Å². The number of nitrogens with one attached hydrogen (secondary N) is 1. The number of ether oxygens (including phenoxy) is 2. The van der Waals surface area contributed by atoms with Crippen LogP contribution in [0.15, 0.2) is 36.4 Å². The molecule has 0 aliphatic heterocycles. The van der Waals surface area contributed by atoms with Crippen molar-refractivity contribution in [1.29, 1.82) is 0 Å². The summed E-state index contributed by atoms with van der Waals surface area (Å²) in [6, 6.07) is 5.82. The molecule has 1 fully saturated rings. The van der Waals surface area contributed by atoms with E-state index in [4.69, 9.17) is 4.74 Å². The number of esters is 1. The van der Waals surface area contributed by atoms with Gasteiger partial charge in [0.05, 0.1) is 11.6 Å². The minimum absolute atomic E-state index is 0.0988. The molecule has 3 atom stereocenters. The first kappa shape index (κ1) is 16.4. The number of halogens is 2. The van der Waals surface area contributed by atoms with Crippen LogP contribution >= 0.6 is 0 Å². The Labute approximate surface area is 137 Å². The summed E-state index contributed by atoms with van der Waals surface area (Å²) in [5.41, 5.74) is 0.0988. The number of anilines is 1. The molecule has 7 heteroatoms. The third-order valence-electron chi connectivity index (χ3n) is 4.30. The second-order valence-electron chi connectivity index (χ2n) is 5.92. The summed E-state index contributed by atoms with van der Waals surface area (Å²) in [5.74, 6) is -0.704. The summed E-state index contributed by atoms with van der Waals surface area (Å²) in [4.78, 5) is 23.9. The van der Waals surface area contributed by atoms with Crippen molar-refractivity contribution in [3.63, 3.8) is 0 Å². The van der Waals surface area contributed by atoms with Crippen LogP contribution in [-0.4, -0.2) is 25.1 Å². The molecule has 1 amide bonds. The number of amides is 1. The lowest BCUT2D eigenvalue weighted by Gasteiger charge is -2.16. The number of hydrogen-bond acceptors (Lipinski definition) is 4. The fraction of sp³-hybridized carbons (Fsp3) is 0.412. The topological polar surface area (TPSA) is 64.6 Å². The van der Waals surface area contributed by atoms with Crippen molar-refractivity contribution in [1.82, 2.24) is 0 Å². The van der Waals surface area contributed by atoms with E-state index in [2.05, 4.69) is 16.1 Å². The van der Waals surface area contributed by atoms with E-state index in [1.807, 2.05) is 6.08 Å². The molecule has 0 saturated heterocycles. The van der Waals surface area contributed by atoms with Crippen molar-refractivity contribution in [2.75, 3.05) is 11.9 Å². The molecule has 0 radical (unpaired) electrons. The number of fused-ring (bicyclic) bond motifs is 2. The first-order valence-corrected chi connectivity index (χ1v) is 7.71. The molecule has 5 nitrogen and oxygen atoms in total. The van der Waals surface area contributed by atoms with Gasteiger partial charge in [-0.15, -0.1) is 0 Å². The maximum absolute atomic E-state index is 12.3. The van der Waals surface area contributed by atoms with Gasteiger partial charge in [0, 0.05) is 0 Å². The highest BCUT2D eigenvalue weighted by molar-refractivity contribution is 5.94. The highest BCUT2D eigenvalue weighted by Gasteiger charge is 2.40. The number of alkyl halides is 2. The van der Waals surface area contributed by atoms with Gasteiger partial charge < -0.3 is 14.8 Å². The van der Waals surface area contributed by atoms with Crippen LogP contribution in [0.2, 0.25) is 0 Å². The first-order chi connectivity index (χ1) is 11.5. The Hall–Kier alpha value is -2.44. The summed E-state index contributed by atoms with van der Waals surface area (Å²) >= 11 is 0. The Bertz CT molecular complexity index is 662. The van der Waals surface area contributed by atoms with Gasteiger partial charge in [0.1, 0.15) is 5.75 Å². The van der Waals surface area contributed by atoms with E-state index < -0.39 is 19.1 Å². The molecule has 128 valence electrons. The second-order valence-corrected chi connectivity index (χ2v) is 5.92. The maximum atomic E-state index is 12.3. The molecular formula is C17H17F2NO4. The van der Waals surface area contributed by atoms with Crippen LogP contribution in [0.3, 0.4) is 0 Å². The van der Waals surface area contributed by atoms with Crippen LogP contribution in [0.25, 0.3) is 0 Å². The minimum Gasteiger partial charge on any atom is -0.455 e. The van der Waals surface area contributed by atoms with Gasteiger partial charge in [-0.05, 0) is 36.8 Å². The Kier molecular flexibility index (Phi) is 4.78. The highest BCUT2D eigenvalue weighted by atomic mass is 19.3. The van der Waals surface area contributed by atoms with Gasteiger partial charge in [0.15, 0.2) is 6.61 Å². The highest BCUT2D eigenvalue weighted by Crippen LogP contribution is 2.43. The average Bonchev–Trinajstić information content (AvgIpc) is 3.17. The molecule has 1 aromatic carbocycles. The molecule has 0 unspecified atom stereocenters. The zero-order valence-electron chi connectivity index (χ0n) is 12.8. The Morgan fingerprint density at radius 2 is 2.00 bits per heavy atom. The summed E-state index contributed by atoms with van der Waals surface area (Å²) in [5, 5.41) is 2.41. The summed E-state index contributed by atoms with van der Waals surface area (Å²) < 4.78 is 34.0.